The predicted octanol–water partition coefficient (Wildman–Crippen LogP) is 3.44. The third-order valence-electron chi connectivity index (χ3n) is 2.86. The summed E-state index contributed by atoms with van der Waals surface area (Å²) in [4.78, 5) is 0. The molecule has 1 heterocycles. The second kappa shape index (κ2) is 5.27. The van der Waals surface area contributed by atoms with Crippen LogP contribution in [-0.4, -0.2) is 9.78 Å². The molecule has 0 fully saturated rings. The van der Waals surface area contributed by atoms with Gasteiger partial charge in [0.25, 0.3) is 0 Å². The smallest absolute Gasteiger partial charge is 0.128 e. The molecule has 19 heavy (non-hydrogen) atoms. The van der Waals surface area contributed by atoms with Crippen LogP contribution in [0.3, 0.4) is 0 Å². The van der Waals surface area contributed by atoms with Crippen molar-refractivity contribution in [1.82, 2.24) is 9.78 Å². The zero-order chi connectivity index (χ0) is 14.2. The van der Waals surface area contributed by atoms with Gasteiger partial charge in [0.15, 0.2) is 0 Å². The summed E-state index contributed by atoms with van der Waals surface area (Å²) in [6.45, 7) is 3.81. The lowest BCUT2D eigenvalue weighted by Crippen LogP contribution is -2.20. The molecule has 0 saturated carbocycles. The van der Waals surface area contributed by atoms with Crippen molar-refractivity contribution in [2.24, 2.45) is 5.73 Å². The highest BCUT2D eigenvalue weighted by molar-refractivity contribution is 6.31. The summed E-state index contributed by atoms with van der Waals surface area (Å²) in [5.41, 5.74) is 6.55. The van der Waals surface area contributed by atoms with E-state index in [0.717, 1.165) is 18.2 Å². The summed E-state index contributed by atoms with van der Waals surface area (Å²) >= 11 is 6.05. The number of aromatic nitrogens is 2. The molecule has 0 aliphatic heterocycles. The lowest BCUT2D eigenvalue weighted by Gasteiger charge is -2.18. The second-order valence-corrected chi connectivity index (χ2v) is 4.97. The molecular weight excluding hydrogens is 272 g/mol. The Hall–Kier alpha value is -1.46. The van der Waals surface area contributed by atoms with Crippen molar-refractivity contribution in [3.05, 3.63) is 52.3 Å². The largest absolute Gasteiger partial charge is 0.319 e. The van der Waals surface area contributed by atoms with Gasteiger partial charge in [0.1, 0.15) is 11.6 Å². The van der Waals surface area contributed by atoms with E-state index in [2.05, 4.69) is 5.10 Å². The summed E-state index contributed by atoms with van der Waals surface area (Å²) in [5.74, 6) is -1.11. The van der Waals surface area contributed by atoms with Crippen LogP contribution < -0.4 is 5.73 Å². The molecule has 2 N–H and O–H groups in total. The molecule has 0 radical (unpaired) electrons. The summed E-state index contributed by atoms with van der Waals surface area (Å²) in [6, 6.07) is 2.33. The molecular formula is C13H14ClF2N3. The first-order valence-electron chi connectivity index (χ1n) is 5.85. The highest BCUT2D eigenvalue weighted by atomic mass is 35.5. The Balaban J connectivity index is 2.52. The van der Waals surface area contributed by atoms with Gasteiger partial charge in [0, 0.05) is 11.6 Å². The molecule has 102 valence electrons. The number of benzene rings is 1. The fourth-order valence-electron chi connectivity index (χ4n) is 1.95. The van der Waals surface area contributed by atoms with Gasteiger partial charge in [-0.15, -0.1) is 0 Å². The van der Waals surface area contributed by atoms with Crippen molar-refractivity contribution in [3.8, 4) is 0 Å². The molecule has 0 spiro atoms. The first kappa shape index (κ1) is 14.0. The van der Waals surface area contributed by atoms with Gasteiger partial charge < -0.3 is 5.73 Å². The van der Waals surface area contributed by atoms with Gasteiger partial charge >= 0.3 is 0 Å². The van der Waals surface area contributed by atoms with Crippen LogP contribution in [0.2, 0.25) is 5.02 Å². The fraction of sp³-hybridized carbons (Fsp3) is 0.308. The lowest BCUT2D eigenvalue weighted by atomic mass is 10.0. The summed E-state index contributed by atoms with van der Waals surface area (Å²) in [7, 11) is 0. The molecule has 6 heteroatoms. The molecule has 2 aromatic rings. The number of halogens is 3. The minimum atomic E-state index is -0.868. The van der Waals surface area contributed by atoms with Gasteiger partial charge in [-0.3, -0.25) is 4.68 Å². The number of nitrogens with two attached hydrogens (primary N) is 1. The minimum absolute atomic E-state index is 0.0187. The number of rotatable bonds is 3. The molecule has 1 atom stereocenters. The molecule has 1 unspecified atom stereocenters. The molecule has 3 nitrogen and oxygen atoms in total. The number of hydrogen-bond donors (Lipinski definition) is 1. The molecule has 0 saturated heterocycles. The zero-order valence-electron chi connectivity index (χ0n) is 10.6. The maximum atomic E-state index is 13.8. The van der Waals surface area contributed by atoms with E-state index in [1.165, 1.54) is 6.20 Å². The zero-order valence-corrected chi connectivity index (χ0v) is 11.3. The van der Waals surface area contributed by atoms with Gasteiger partial charge in [-0.25, -0.2) is 8.78 Å². The normalized spacial score (nSPS) is 13.0. The average Bonchev–Trinajstić information content (AvgIpc) is 2.73. The van der Waals surface area contributed by atoms with Crippen LogP contribution in [-0.2, 0) is 0 Å². The summed E-state index contributed by atoms with van der Waals surface area (Å²) in [5, 5.41) is 4.44. The molecule has 0 bridgehead atoms. The van der Waals surface area contributed by atoms with Crippen LogP contribution in [0.15, 0.2) is 24.4 Å². The van der Waals surface area contributed by atoms with Crippen LogP contribution in [0.5, 0.6) is 0 Å². The topological polar surface area (TPSA) is 43.8 Å². The van der Waals surface area contributed by atoms with E-state index in [-0.39, 0.29) is 11.6 Å². The molecule has 1 aromatic heterocycles. The van der Waals surface area contributed by atoms with Crippen molar-refractivity contribution in [2.75, 3.05) is 0 Å². The first-order chi connectivity index (χ1) is 8.91. The van der Waals surface area contributed by atoms with Gasteiger partial charge in [-0.1, -0.05) is 11.6 Å². The molecule has 0 amide bonds. The Bertz CT molecular complexity index is 596. The van der Waals surface area contributed by atoms with E-state index in [1.807, 2.05) is 13.8 Å². The van der Waals surface area contributed by atoms with Gasteiger partial charge in [-0.2, -0.15) is 5.10 Å². The average molecular weight is 286 g/mol. The summed E-state index contributed by atoms with van der Waals surface area (Å²) in [6.07, 6.45) is 1.45. The quantitative estimate of drug-likeness (QED) is 0.939. The van der Waals surface area contributed by atoms with Crippen LogP contribution in [0.1, 0.15) is 37.2 Å². The van der Waals surface area contributed by atoms with E-state index in [9.17, 15) is 8.78 Å². The Morgan fingerprint density at radius 2 is 2.00 bits per heavy atom. The van der Waals surface area contributed by atoms with Crippen molar-refractivity contribution in [1.29, 1.82) is 0 Å². The van der Waals surface area contributed by atoms with Crippen LogP contribution in [0, 0.1) is 11.6 Å². The van der Waals surface area contributed by atoms with Crippen LogP contribution >= 0.6 is 11.6 Å². The van der Waals surface area contributed by atoms with Crippen molar-refractivity contribution >= 4 is 11.6 Å². The van der Waals surface area contributed by atoms with Gasteiger partial charge in [0.2, 0.25) is 0 Å². The highest BCUT2D eigenvalue weighted by Gasteiger charge is 2.22. The number of nitrogens with zero attached hydrogens (tertiary/aromatic N) is 2. The lowest BCUT2D eigenvalue weighted by molar-refractivity contribution is 0.492. The van der Waals surface area contributed by atoms with Crippen molar-refractivity contribution in [3.63, 3.8) is 0 Å². The molecule has 0 aliphatic rings. The maximum absolute atomic E-state index is 13.8. The second-order valence-electron chi connectivity index (χ2n) is 4.56. The van der Waals surface area contributed by atoms with Crippen LogP contribution in [0.25, 0.3) is 0 Å². The number of hydrogen-bond acceptors (Lipinski definition) is 2. The Labute approximate surface area is 115 Å². The monoisotopic (exact) mass is 285 g/mol. The molecule has 1 aromatic carbocycles. The first-order valence-corrected chi connectivity index (χ1v) is 6.23. The Kier molecular flexibility index (Phi) is 3.87. The third kappa shape index (κ3) is 2.62. The Morgan fingerprint density at radius 1 is 1.32 bits per heavy atom. The third-order valence-corrected chi connectivity index (χ3v) is 3.16. The predicted molar refractivity (Wildman–Crippen MR) is 70.0 cm³/mol. The van der Waals surface area contributed by atoms with Crippen LogP contribution in [0.4, 0.5) is 8.78 Å². The van der Waals surface area contributed by atoms with Crippen molar-refractivity contribution < 1.29 is 8.78 Å². The SMILES string of the molecule is CC(C)n1ncc(Cl)c1C(N)c1cc(F)ccc1F. The van der Waals surface area contributed by atoms with Gasteiger partial charge in [-0.05, 0) is 32.0 Å². The van der Waals surface area contributed by atoms with E-state index in [4.69, 9.17) is 17.3 Å². The minimum Gasteiger partial charge on any atom is -0.319 e. The molecule has 2 rings (SSSR count). The molecule has 0 aliphatic carbocycles. The summed E-state index contributed by atoms with van der Waals surface area (Å²) < 4.78 is 28.6. The Morgan fingerprint density at radius 3 is 2.63 bits per heavy atom. The van der Waals surface area contributed by atoms with Gasteiger partial charge in [0.05, 0.1) is 23.0 Å². The standard InChI is InChI=1S/C13H14ClF2N3/c1-7(2)19-13(10(14)6-18-19)12(17)9-5-8(15)3-4-11(9)16/h3-7,12H,17H2,1-2H3. The van der Waals surface area contributed by atoms with Crippen molar-refractivity contribution in [2.45, 2.75) is 25.9 Å². The van der Waals surface area contributed by atoms with E-state index in [0.29, 0.717) is 10.7 Å². The fourth-order valence-corrected chi connectivity index (χ4v) is 2.20. The highest BCUT2D eigenvalue weighted by Crippen LogP contribution is 2.30. The van der Waals surface area contributed by atoms with E-state index in [1.54, 1.807) is 4.68 Å². The van der Waals surface area contributed by atoms with E-state index >= 15 is 0 Å². The van der Waals surface area contributed by atoms with E-state index < -0.39 is 17.7 Å². The maximum Gasteiger partial charge on any atom is 0.128 e.